The summed E-state index contributed by atoms with van der Waals surface area (Å²) in [7, 11) is 1.70. The van der Waals surface area contributed by atoms with Gasteiger partial charge in [-0.3, -0.25) is 9.69 Å². The van der Waals surface area contributed by atoms with Gasteiger partial charge in [-0.2, -0.15) is 11.8 Å². The maximum atomic E-state index is 12.8. The van der Waals surface area contributed by atoms with E-state index < -0.39 is 0 Å². The number of thioether (sulfide) groups is 1. The molecule has 4 rings (SSSR count). The first kappa shape index (κ1) is 20.3. The number of aryl methyl sites for hydroxylation is 1. The third-order valence-corrected chi connectivity index (χ3v) is 6.88. The van der Waals surface area contributed by atoms with Crippen molar-refractivity contribution in [2.75, 3.05) is 37.0 Å². The number of ether oxygens (including phenoxy) is 1. The topological polar surface area (TPSA) is 41.6 Å². The van der Waals surface area contributed by atoms with Crippen LogP contribution in [0.1, 0.15) is 41.9 Å². The lowest BCUT2D eigenvalue weighted by Gasteiger charge is -2.26. The molecule has 154 valence electrons. The number of carbonyl (C=O) groups excluding carboxylic acids is 1. The van der Waals surface area contributed by atoms with Gasteiger partial charge in [-0.05, 0) is 66.1 Å². The summed E-state index contributed by atoms with van der Waals surface area (Å²) in [5.74, 6) is 3.72. The Morgan fingerprint density at radius 2 is 2.07 bits per heavy atom. The molecule has 1 aliphatic heterocycles. The van der Waals surface area contributed by atoms with E-state index in [4.69, 9.17) is 4.74 Å². The largest absolute Gasteiger partial charge is 0.497 e. The summed E-state index contributed by atoms with van der Waals surface area (Å²) in [5, 5.41) is 3.13. The average Bonchev–Trinajstić information content (AvgIpc) is 2.74. The van der Waals surface area contributed by atoms with E-state index in [1.165, 1.54) is 28.2 Å². The first-order valence-electron chi connectivity index (χ1n) is 10.6. The summed E-state index contributed by atoms with van der Waals surface area (Å²) in [6.45, 7) is 3.25. The fourth-order valence-electron chi connectivity index (χ4n) is 4.43. The predicted octanol–water partition coefficient (Wildman–Crippen LogP) is 4.69. The SMILES string of the molecule is COc1ccc2c(c1)CCCC2CC(=O)Nc1cccc(CN2CCSCC2)c1. The minimum Gasteiger partial charge on any atom is -0.497 e. The molecule has 1 aliphatic carbocycles. The minimum absolute atomic E-state index is 0.102. The zero-order chi connectivity index (χ0) is 20.1. The van der Waals surface area contributed by atoms with Gasteiger partial charge in [0.2, 0.25) is 5.91 Å². The van der Waals surface area contributed by atoms with Gasteiger partial charge in [0.25, 0.3) is 0 Å². The molecule has 1 unspecified atom stereocenters. The molecule has 1 N–H and O–H groups in total. The highest BCUT2D eigenvalue weighted by Crippen LogP contribution is 2.36. The second-order valence-corrected chi connectivity index (χ2v) is 9.22. The monoisotopic (exact) mass is 410 g/mol. The van der Waals surface area contributed by atoms with E-state index in [9.17, 15) is 4.79 Å². The number of benzene rings is 2. The molecule has 0 saturated carbocycles. The van der Waals surface area contributed by atoms with Crippen molar-refractivity contribution in [1.82, 2.24) is 4.90 Å². The molecule has 2 aromatic rings. The summed E-state index contributed by atoms with van der Waals surface area (Å²) in [4.78, 5) is 15.3. The number of hydrogen-bond acceptors (Lipinski definition) is 4. The van der Waals surface area contributed by atoms with Crippen molar-refractivity contribution in [2.45, 2.75) is 38.1 Å². The molecular formula is C24H30N2O2S. The Balaban J connectivity index is 1.37. The maximum Gasteiger partial charge on any atom is 0.224 e. The van der Waals surface area contributed by atoms with Crippen LogP contribution in [0.25, 0.3) is 0 Å². The molecule has 0 spiro atoms. The summed E-state index contributed by atoms with van der Waals surface area (Å²) < 4.78 is 5.36. The number of carbonyl (C=O) groups is 1. The van der Waals surface area contributed by atoms with Gasteiger partial charge in [0.05, 0.1) is 7.11 Å². The van der Waals surface area contributed by atoms with Gasteiger partial charge in [0.15, 0.2) is 0 Å². The molecule has 0 radical (unpaired) electrons. The van der Waals surface area contributed by atoms with Crippen LogP contribution < -0.4 is 10.1 Å². The maximum absolute atomic E-state index is 12.8. The van der Waals surface area contributed by atoms with Crippen LogP contribution in [0, 0.1) is 0 Å². The Morgan fingerprint density at radius 3 is 2.90 bits per heavy atom. The van der Waals surface area contributed by atoms with Crippen molar-refractivity contribution in [3.8, 4) is 5.75 Å². The quantitative estimate of drug-likeness (QED) is 0.750. The number of nitrogens with zero attached hydrogens (tertiary/aromatic N) is 1. The van der Waals surface area contributed by atoms with E-state index >= 15 is 0 Å². The Morgan fingerprint density at radius 1 is 1.21 bits per heavy atom. The number of nitrogens with one attached hydrogen (secondary N) is 1. The molecule has 0 bridgehead atoms. The molecule has 1 saturated heterocycles. The van der Waals surface area contributed by atoms with Crippen LogP contribution in [0.4, 0.5) is 5.69 Å². The third kappa shape index (κ3) is 5.34. The Bertz CT molecular complexity index is 849. The lowest BCUT2D eigenvalue weighted by Crippen LogP contribution is -2.31. The summed E-state index contributed by atoms with van der Waals surface area (Å²) in [6, 6.07) is 14.6. The Labute approximate surface area is 178 Å². The molecule has 29 heavy (non-hydrogen) atoms. The third-order valence-electron chi connectivity index (χ3n) is 5.94. The van der Waals surface area contributed by atoms with Crippen molar-refractivity contribution >= 4 is 23.4 Å². The van der Waals surface area contributed by atoms with Crippen molar-refractivity contribution < 1.29 is 9.53 Å². The number of rotatable bonds is 6. The molecule has 1 heterocycles. The lowest BCUT2D eigenvalue weighted by atomic mass is 9.81. The molecule has 2 aliphatic rings. The summed E-state index contributed by atoms with van der Waals surface area (Å²) >= 11 is 2.03. The molecule has 2 aromatic carbocycles. The van der Waals surface area contributed by atoms with Crippen LogP contribution in [0.5, 0.6) is 5.75 Å². The highest BCUT2D eigenvalue weighted by molar-refractivity contribution is 7.99. The molecule has 1 amide bonds. The number of methoxy groups -OCH3 is 1. The van der Waals surface area contributed by atoms with E-state index in [0.29, 0.717) is 12.3 Å². The van der Waals surface area contributed by atoms with Crippen LogP contribution in [-0.4, -0.2) is 42.5 Å². The second-order valence-electron chi connectivity index (χ2n) is 8.00. The van der Waals surface area contributed by atoms with E-state index in [1.807, 2.05) is 30.0 Å². The molecule has 5 heteroatoms. The molecule has 1 fully saturated rings. The smallest absolute Gasteiger partial charge is 0.224 e. The molecule has 1 atom stereocenters. The fourth-order valence-corrected chi connectivity index (χ4v) is 5.41. The van der Waals surface area contributed by atoms with Crippen LogP contribution in [0.3, 0.4) is 0 Å². The number of fused-ring (bicyclic) bond motifs is 1. The van der Waals surface area contributed by atoms with E-state index in [1.54, 1.807) is 7.11 Å². The zero-order valence-corrected chi connectivity index (χ0v) is 18.0. The fraction of sp³-hybridized carbons (Fsp3) is 0.458. The van der Waals surface area contributed by atoms with Crippen molar-refractivity contribution in [3.63, 3.8) is 0 Å². The second kappa shape index (κ2) is 9.68. The summed E-state index contributed by atoms with van der Waals surface area (Å²) in [6.07, 6.45) is 3.80. The molecular weight excluding hydrogens is 380 g/mol. The first-order valence-corrected chi connectivity index (χ1v) is 11.7. The van der Waals surface area contributed by atoms with E-state index in [-0.39, 0.29) is 5.91 Å². The van der Waals surface area contributed by atoms with E-state index in [2.05, 4.69) is 34.5 Å². The predicted molar refractivity (Wildman–Crippen MR) is 121 cm³/mol. The normalized spacial score (nSPS) is 19.4. The number of anilines is 1. The Kier molecular flexibility index (Phi) is 6.78. The van der Waals surface area contributed by atoms with Crippen molar-refractivity contribution in [1.29, 1.82) is 0 Å². The van der Waals surface area contributed by atoms with Gasteiger partial charge < -0.3 is 10.1 Å². The number of hydrogen-bond donors (Lipinski definition) is 1. The van der Waals surface area contributed by atoms with Crippen LogP contribution in [0.2, 0.25) is 0 Å². The standard InChI is InChI=1S/C24H30N2O2S/c1-28-22-8-9-23-19(15-22)5-3-6-20(23)16-24(27)25-21-7-2-4-18(14-21)17-26-10-12-29-13-11-26/h2,4,7-9,14-15,20H,3,5-6,10-13,16-17H2,1H3,(H,25,27). The van der Waals surface area contributed by atoms with Gasteiger partial charge in [0, 0.05) is 43.2 Å². The van der Waals surface area contributed by atoms with Crippen LogP contribution >= 0.6 is 11.8 Å². The van der Waals surface area contributed by atoms with Gasteiger partial charge in [-0.25, -0.2) is 0 Å². The minimum atomic E-state index is 0.102. The van der Waals surface area contributed by atoms with Crippen molar-refractivity contribution in [2.24, 2.45) is 0 Å². The highest BCUT2D eigenvalue weighted by Gasteiger charge is 2.23. The number of amides is 1. The van der Waals surface area contributed by atoms with Crippen LogP contribution in [-0.2, 0) is 17.8 Å². The highest BCUT2D eigenvalue weighted by atomic mass is 32.2. The van der Waals surface area contributed by atoms with Crippen molar-refractivity contribution in [3.05, 3.63) is 59.2 Å². The first-order chi connectivity index (χ1) is 14.2. The van der Waals surface area contributed by atoms with Gasteiger partial charge in [-0.1, -0.05) is 18.2 Å². The lowest BCUT2D eigenvalue weighted by molar-refractivity contribution is -0.116. The zero-order valence-electron chi connectivity index (χ0n) is 17.2. The average molecular weight is 411 g/mol. The molecule has 0 aromatic heterocycles. The summed E-state index contributed by atoms with van der Waals surface area (Å²) in [5.41, 5.74) is 4.81. The Hall–Kier alpha value is -1.98. The van der Waals surface area contributed by atoms with Gasteiger partial charge in [0.1, 0.15) is 5.75 Å². The van der Waals surface area contributed by atoms with Gasteiger partial charge >= 0.3 is 0 Å². The molecule has 4 nitrogen and oxygen atoms in total. The van der Waals surface area contributed by atoms with Crippen LogP contribution in [0.15, 0.2) is 42.5 Å². The van der Waals surface area contributed by atoms with E-state index in [0.717, 1.165) is 50.3 Å². The van der Waals surface area contributed by atoms with Gasteiger partial charge in [-0.15, -0.1) is 0 Å².